The second-order valence-electron chi connectivity index (χ2n) is 5.16. The van der Waals surface area contributed by atoms with Crippen LogP contribution < -0.4 is 5.32 Å². The maximum absolute atomic E-state index is 12.0. The third kappa shape index (κ3) is 3.94. The highest BCUT2D eigenvalue weighted by atomic mass is 127. The molecule has 0 radical (unpaired) electrons. The molecule has 0 spiro atoms. The van der Waals surface area contributed by atoms with Crippen molar-refractivity contribution in [2.45, 2.75) is 0 Å². The smallest absolute Gasteiger partial charge is 0.281 e. The monoisotopic (exact) mass is 412 g/mol. The molecule has 0 saturated carbocycles. The van der Waals surface area contributed by atoms with Gasteiger partial charge in [0, 0.05) is 53.4 Å². The molecule has 114 valence electrons. The van der Waals surface area contributed by atoms with Crippen molar-refractivity contribution < 1.29 is 8.42 Å². The molecule has 0 aromatic carbocycles. The summed E-state index contributed by atoms with van der Waals surface area (Å²) in [6.45, 7) is 4.48. The second kappa shape index (κ2) is 6.73. The standard InChI is InChI=1S/C12H21IN4O2S/c1-15(2)20(18,19)17-7-5-16(6-8-17)10-11-3-4-12(13)14-9-11/h3-4,14H,5-10H2,1-2H3. The fraction of sp³-hybridized carbons (Fsp3) is 0.667. The van der Waals surface area contributed by atoms with Crippen molar-refractivity contribution in [1.82, 2.24) is 18.8 Å². The van der Waals surface area contributed by atoms with Crippen LogP contribution in [0, 0.1) is 0 Å². The van der Waals surface area contributed by atoms with Crippen LogP contribution >= 0.6 is 22.6 Å². The molecule has 1 fully saturated rings. The fourth-order valence-electron chi connectivity index (χ4n) is 2.25. The van der Waals surface area contributed by atoms with Crippen LogP contribution in [-0.4, -0.2) is 75.3 Å². The zero-order chi connectivity index (χ0) is 14.8. The van der Waals surface area contributed by atoms with Gasteiger partial charge in [-0.05, 0) is 34.2 Å². The highest BCUT2D eigenvalue weighted by Crippen LogP contribution is 2.13. The van der Waals surface area contributed by atoms with E-state index in [1.54, 1.807) is 18.4 Å². The minimum absolute atomic E-state index is 0.564. The van der Waals surface area contributed by atoms with Crippen LogP contribution in [0.15, 0.2) is 21.4 Å². The summed E-state index contributed by atoms with van der Waals surface area (Å²) in [5.74, 6) is 0. The van der Waals surface area contributed by atoms with Gasteiger partial charge in [-0.25, -0.2) is 0 Å². The zero-order valence-corrected chi connectivity index (χ0v) is 14.8. The highest BCUT2D eigenvalue weighted by molar-refractivity contribution is 14.1. The third-order valence-corrected chi connectivity index (χ3v) is 6.18. The Morgan fingerprint density at radius 3 is 2.40 bits per heavy atom. The molecule has 0 bridgehead atoms. The van der Waals surface area contributed by atoms with E-state index >= 15 is 0 Å². The summed E-state index contributed by atoms with van der Waals surface area (Å²) >= 11 is 2.27. The minimum atomic E-state index is -3.26. The summed E-state index contributed by atoms with van der Waals surface area (Å²) < 4.78 is 28.0. The van der Waals surface area contributed by atoms with Crippen molar-refractivity contribution in [2.24, 2.45) is 0 Å². The summed E-state index contributed by atoms with van der Waals surface area (Å²) in [4.78, 5) is 2.31. The van der Waals surface area contributed by atoms with Crippen molar-refractivity contribution in [3.05, 3.63) is 21.4 Å². The number of hydrogen-bond donors (Lipinski definition) is 1. The van der Waals surface area contributed by atoms with Gasteiger partial charge < -0.3 is 5.32 Å². The van der Waals surface area contributed by atoms with Gasteiger partial charge in [0.05, 0.1) is 3.70 Å². The maximum atomic E-state index is 12.0. The van der Waals surface area contributed by atoms with Crippen LogP contribution in [0.5, 0.6) is 0 Å². The molecule has 20 heavy (non-hydrogen) atoms. The molecule has 2 rings (SSSR count). The number of allylic oxidation sites excluding steroid dienone is 2. The Labute approximate surface area is 134 Å². The molecule has 0 unspecified atom stereocenters. The summed E-state index contributed by atoms with van der Waals surface area (Å²) in [6, 6.07) is 0. The molecular weight excluding hydrogens is 391 g/mol. The topological polar surface area (TPSA) is 55.9 Å². The average molecular weight is 412 g/mol. The predicted octanol–water partition coefficient (Wildman–Crippen LogP) is 0.216. The number of hydrogen-bond acceptors (Lipinski definition) is 4. The molecule has 0 aromatic heterocycles. The van der Waals surface area contributed by atoms with E-state index in [2.05, 4.69) is 45.0 Å². The Balaban J connectivity index is 1.86. The molecule has 0 atom stereocenters. The van der Waals surface area contributed by atoms with Crippen molar-refractivity contribution in [2.75, 3.05) is 53.4 Å². The van der Waals surface area contributed by atoms with Gasteiger partial charge in [0.25, 0.3) is 10.2 Å². The lowest BCUT2D eigenvalue weighted by atomic mass is 10.2. The molecular formula is C12H21IN4O2S. The molecule has 1 saturated heterocycles. The molecule has 2 aliphatic rings. The highest BCUT2D eigenvalue weighted by Gasteiger charge is 2.28. The lowest BCUT2D eigenvalue weighted by molar-refractivity contribution is 0.195. The van der Waals surface area contributed by atoms with Crippen LogP contribution in [0.1, 0.15) is 0 Å². The first kappa shape index (κ1) is 16.2. The molecule has 1 N–H and O–H groups in total. The van der Waals surface area contributed by atoms with Crippen molar-refractivity contribution in [3.8, 4) is 0 Å². The summed E-state index contributed by atoms with van der Waals surface area (Å²) in [5.41, 5.74) is 1.34. The number of nitrogens with zero attached hydrogens (tertiary/aromatic N) is 3. The fourth-order valence-corrected chi connectivity index (χ4v) is 3.71. The molecule has 6 nitrogen and oxygen atoms in total. The van der Waals surface area contributed by atoms with Gasteiger partial charge in [-0.3, -0.25) is 4.90 Å². The SMILES string of the molecule is CN(C)S(=O)(=O)N1CCN(CC2=CC=C(I)NC2)CC1. The van der Waals surface area contributed by atoms with Crippen LogP contribution in [0.3, 0.4) is 0 Å². The number of nitrogens with one attached hydrogen (secondary N) is 1. The van der Waals surface area contributed by atoms with E-state index in [0.29, 0.717) is 13.1 Å². The van der Waals surface area contributed by atoms with E-state index in [1.165, 1.54) is 9.88 Å². The van der Waals surface area contributed by atoms with Crippen LogP contribution in [0.2, 0.25) is 0 Å². The maximum Gasteiger partial charge on any atom is 0.281 e. The molecule has 0 aromatic rings. The van der Waals surface area contributed by atoms with E-state index in [1.807, 2.05) is 0 Å². The van der Waals surface area contributed by atoms with Crippen LogP contribution in [0.25, 0.3) is 0 Å². The first-order chi connectivity index (χ1) is 9.39. The lowest BCUT2D eigenvalue weighted by Gasteiger charge is -2.35. The largest absolute Gasteiger partial charge is 0.376 e. The normalized spacial score (nSPS) is 22.4. The Morgan fingerprint density at radius 2 is 1.90 bits per heavy atom. The Bertz CT molecular complexity index is 508. The molecule has 2 aliphatic heterocycles. The Hall–Kier alpha value is -0.160. The molecule has 0 amide bonds. The van der Waals surface area contributed by atoms with Gasteiger partial charge in [-0.1, -0.05) is 6.08 Å². The van der Waals surface area contributed by atoms with Crippen LogP contribution in [-0.2, 0) is 10.2 Å². The Kier molecular flexibility index (Phi) is 5.46. The van der Waals surface area contributed by atoms with E-state index < -0.39 is 10.2 Å². The number of dihydropyridines is 1. The average Bonchev–Trinajstić information content (AvgIpc) is 2.42. The third-order valence-electron chi connectivity index (χ3n) is 3.50. The van der Waals surface area contributed by atoms with Crippen molar-refractivity contribution >= 4 is 32.8 Å². The summed E-state index contributed by atoms with van der Waals surface area (Å²) in [7, 11) is -0.106. The van der Waals surface area contributed by atoms with Crippen molar-refractivity contribution in [3.63, 3.8) is 0 Å². The molecule has 0 aliphatic carbocycles. The van der Waals surface area contributed by atoms with E-state index in [4.69, 9.17) is 0 Å². The predicted molar refractivity (Wildman–Crippen MR) is 88.8 cm³/mol. The number of halogens is 1. The van der Waals surface area contributed by atoms with Gasteiger partial charge in [-0.15, -0.1) is 0 Å². The lowest BCUT2D eigenvalue weighted by Crippen LogP contribution is -2.52. The quantitative estimate of drug-likeness (QED) is 0.530. The first-order valence-electron chi connectivity index (χ1n) is 6.58. The summed E-state index contributed by atoms with van der Waals surface area (Å²) in [6.07, 6.45) is 4.23. The van der Waals surface area contributed by atoms with E-state index in [-0.39, 0.29) is 0 Å². The van der Waals surface area contributed by atoms with Gasteiger partial charge in [-0.2, -0.15) is 17.0 Å². The zero-order valence-electron chi connectivity index (χ0n) is 11.8. The summed E-state index contributed by atoms with van der Waals surface area (Å²) in [5, 5.41) is 3.31. The van der Waals surface area contributed by atoms with Crippen LogP contribution in [0.4, 0.5) is 0 Å². The minimum Gasteiger partial charge on any atom is -0.376 e. The van der Waals surface area contributed by atoms with Gasteiger partial charge >= 0.3 is 0 Å². The first-order valence-corrected chi connectivity index (χ1v) is 9.06. The van der Waals surface area contributed by atoms with Gasteiger partial charge in [0.2, 0.25) is 0 Å². The van der Waals surface area contributed by atoms with Crippen molar-refractivity contribution in [1.29, 1.82) is 0 Å². The molecule has 2 heterocycles. The van der Waals surface area contributed by atoms with E-state index in [0.717, 1.165) is 29.9 Å². The number of rotatable bonds is 4. The Morgan fingerprint density at radius 1 is 1.25 bits per heavy atom. The van der Waals surface area contributed by atoms with Gasteiger partial charge in [0.15, 0.2) is 0 Å². The second-order valence-corrected chi connectivity index (χ2v) is 8.46. The molecule has 8 heteroatoms. The number of piperazine rings is 1. The van der Waals surface area contributed by atoms with Gasteiger partial charge in [0.1, 0.15) is 0 Å². The van der Waals surface area contributed by atoms with E-state index in [9.17, 15) is 8.42 Å².